The zero-order chi connectivity index (χ0) is 17.8. The molecule has 6 nitrogen and oxygen atoms in total. The number of pyridine rings is 1. The van der Waals surface area contributed by atoms with Crippen LogP contribution in [-0.4, -0.2) is 39.6 Å². The van der Waals surface area contributed by atoms with E-state index in [1.165, 1.54) is 32.1 Å². The number of fused-ring (bicyclic) bond motifs is 1. The molecule has 3 N–H and O–H groups in total. The molecule has 136 valence electrons. The van der Waals surface area contributed by atoms with E-state index in [1.54, 1.807) is 6.20 Å². The number of aromatic nitrogens is 4. The summed E-state index contributed by atoms with van der Waals surface area (Å²) in [5.41, 5.74) is 2.87. The first kappa shape index (κ1) is 17.0. The molecule has 3 aromatic rings. The largest absolute Gasteiger partial charge is 0.351 e. The highest BCUT2D eigenvalue weighted by atomic mass is 15.1. The fourth-order valence-electron chi connectivity index (χ4n) is 3.87. The van der Waals surface area contributed by atoms with Crippen molar-refractivity contribution in [1.29, 1.82) is 0 Å². The Balaban J connectivity index is 1.44. The zero-order valence-corrected chi connectivity index (χ0v) is 15.2. The van der Waals surface area contributed by atoms with Gasteiger partial charge in [0.15, 0.2) is 0 Å². The maximum Gasteiger partial charge on any atom is 0.223 e. The molecule has 0 aliphatic heterocycles. The number of anilines is 1. The maximum atomic E-state index is 4.75. The van der Waals surface area contributed by atoms with Gasteiger partial charge in [-0.1, -0.05) is 0 Å². The van der Waals surface area contributed by atoms with E-state index in [-0.39, 0.29) is 0 Å². The van der Waals surface area contributed by atoms with E-state index in [2.05, 4.69) is 31.7 Å². The van der Waals surface area contributed by atoms with Gasteiger partial charge >= 0.3 is 0 Å². The average molecular weight is 350 g/mol. The van der Waals surface area contributed by atoms with Crippen molar-refractivity contribution < 1.29 is 0 Å². The van der Waals surface area contributed by atoms with E-state index in [1.807, 2.05) is 31.6 Å². The molecule has 6 heteroatoms. The van der Waals surface area contributed by atoms with Gasteiger partial charge in [-0.3, -0.25) is 0 Å². The summed E-state index contributed by atoms with van der Waals surface area (Å²) in [7, 11) is 2.03. The highest BCUT2D eigenvalue weighted by Crippen LogP contribution is 2.29. The molecule has 1 aliphatic rings. The molecule has 0 atom stereocenters. The van der Waals surface area contributed by atoms with Gasteiger partial charge in [-0.15, -0.1) is 0 Å². The Morgan fingerprint density at radius 1 is 1.12 bits per heavy atom. The van der Waals surface area contributed by atoms with Crippen molar-refractivity contribution in [1.82, 2.24) is 25.3 Å². The molecule has 0 radical (unpaired) electrons. The molecule has 26 heavy (non-hydrogen) atoms. The minimum atomic E-state index is 0.473. The average Bonchev–Trinajstić information content (AvgIpc) is 3.12. The van der Waals surface area contributed by atoms with E-state index in [0.29, 0.717) is 6.04 Å². The first-order chi connectivity index (χ1) is 12.8. The van der Waals surface area contributed by atoms with Crippen LogP contribution in [0.4, 0.5) is 5.95 Å². The van der Waals surface area contributed by atoms with E-state index in [4.69, 9.17) is 4.98 Å². The summed E-state index contributed by atoms with van der Waals surface area (Å²) >= 11 is 0. The third-order valence-corrected chi connectivity index (χ3v) is 5.37. The van der Waals surface area contributed by atoms with Crippen molar-refractivity contribution in [3.8, 4) is 11.3 Å². The Kier molecular flexibility index (Phi) is 5.11. The van der Waals surface area contributed by atoms with E-state index >= 15 is 0 Å². The molecule has 1 aliphatic carbocycles. The number of hydrogen-bond acceptors (Lipinski definition) is 5. The summed E-state index contributed by atoms with van der Waals surface area (Å²) in [6.45, 7) is 1.12. The van der Waals surface area contributed by atoms with E-state index in [9.17, 15) is 0 Å². The first-order valence-corrected chi connectivity index (χ1v) is 9.50. The first-order valence-electron chi connectivity index (χ1n) is 9.50. The molecule has 4 rings (SSSR count). The Morgan fingerprint density at radius 3 is 2.85 bits per heavy atom. The van der Waals surface area contributed by atoms with E-state index in [0.717, 1.165) is 40.7 Å². The Hall–Kier alpha value is -2.47. The summed E-state index contributed by atoms with van der Waals surface area (Å²) in [6, 6.07) is 6.44. The van der Waals surface area contributed by atoms with Crippen molar-refractivity contribution in [2.45, 2.75) is 38.1 Å². The van der Waals surface area contributed by atoms with Gasteiger partial charge < -0.3 is 15.6 Å². The van der Waals surface area contributed by atoms with Crippen LogP contribution in [0.15, 0.2) is 36.8 Å². The molecular weight excluding hydrogens is 324 g/mol. The lowest BCUT2D eigenvalue weighted by atomic mass is 9.84. The van der Waals surface area contributed by atoms with Crippen molar-refractivity contribution in [3.05, 3.63) is 36.8 Å². The highest BCUT2D eigenvalue weighted by molar-refractivity contribution is 5.92. The Morgan fingerprint density at radius 2 is 2.00 bits per heavy atom. The summed E-state index contributed by atoms with van der Waals surface area (Å²) in [5, 5.41) is 7.89. The lowest BCUT2D eigenvalue weighted by Gasteiger charge is -2.29. The smallest absolute Gasteiger partial charge is 0.223 e. The minimum absolute atomic E-state index is 0.473. The topological polar surface area (TPSA) is 78.5 Å². The van der Waals surface area contributed by atoms with Gasteiger partial charge in [0, 0.05) is 35.6 Å². The summed E-state index contributed by atoms with van der Waals surface area (Å²) in [6.07, 6.45) is 11.8. The molecule has 0 amide bonds. The lowest BCUT2D eigenvalue weighted by Crippen LogP contribution is -2.28. The van der Waals surface area contributed by atoms with Crippen molar-refractivity contribution in [2.24, 2.45) is 5.92 Å². The van der Waals surface area contributed by atoms with Crippen LogP contribution >= 0.6 is 0 Å². The van der Waals surface area contributed by atoms with Crippen LogP contribution in [0.1, 0.15) is 32.1 Å². The van der Waals surface area contributed by atoms with Gasteiger partial charge in [0.2, 0.25) is 5.95 Å². The van der Waals surface area contributed by atoms with Gasteiger partial charge in [0.05, 0.1) is 5.69 Å². The molecule has 3 heterocycles. The van der Waals surface area contributed by atoms with Crippen LogP contribution in [-0.2, 0) is 0 Å². The molecule has 1 saturated carbocycles. The van der Waals surface area contributed by atoms with Gasteiger partial charge in [-0.05, 0) is 69.8 Å². The predicted octanol–water partition coefficient (Wildman–Crippen LogP) is 3.60. The minimum Gasteiger partial charge on any atom is -0.351 e. The number of nitrogens with zero attached hydrogens (tertiary/aromatic N) is 3. The van der Waals surface area contributed by atoms with Crippen LogP contribution in [0.25, 0.3) is 22.3 Å². The number of aromatic amines is 1. The van der Waals surface area contributed by atoms with Crippen LogP contribution in [0.3, 0.4) is 0 Å². The molecule has 0 saturated heterocycles. The summed E-state index contributed by atoms with van der Waals surface area (Å²) < 4.78 is 0. The second-order valence-electron chi connectivity index (χ2n) is 7.12. The second-order valence-corrected chi connectivity index (χ2v) is 7.12. The van der Waals surface area contributed by atoms with Gasteiger partial charge in [0.1, 0.15) is 5.65 Å². The standard InChI is InChI=1S/C20H26N6/c1-21-11-8-14-4-6-15(7-5-14)25-20-23-12-9-18(26-20)17-13-24-19-16(17)3-2-10-22-19/h2-3,9-10,12-15,21H,4-8,11H2,1H3,(H,22,24)(H,23,25,26)/t14-,15-. The fourth-order valence-corrected chi connectivity index (χ4v) is 3.87. The molecule has 0 spiro atoms. The Bertz CT molecular complexity index is 850. The number of rotatable bonds is 6. The molecule has 0 bridgehead atoms. The van der Waals surface area contributed by atoms with Crippen LogP contribution < -0.4 is 10.6 Å². The molecule has 3 aromatic heterocycles. The summed E-state index contributed by atoms with van der Waals surface area (Å²) in [5.74, 6) is 1.57. The van der Waals surface area contributed by atoms with Crippen molar-refractivity contribution in [3.63, 3.8) is 0 Å². The highest BCUT2D eigenvalue weighted by Gasteiger charge is 2.21. The van der Waals surface area contributed by atoms with Gasteiger partial charge in [0.25, 0.3) is 0 Å². The number of H-pyrrole nitrogens is 1. The Labute approximate surface area is 153 Å². The number of hydrogen-bond donors (Lipinski definition) is 3. The normalized spacial score (nSPS) is 20.3. The van der Waals surface area contributed by atoms with E-state index < -0.39 is 0 Å². The molecule has 1 fully saturated rings. The molecule has 0 unspecified atom stereocenters. The third-order valence-electron chi connectivity index (χ3n) is 5.37. The predicted molar refractivity (Wildman–Crippen MR) is 105 cm³/mol. The third kappa shape index (κ3) is 3.70. The molecular formula is C20H26N6. The molecule has 0 aromatic carbocycles. The van der Waals surface area contributed by atoms with Gasteiger partial charge in [-0.2, -0.15) is 0 Å². The fraction of sp³-hybridized carbons (Fsp3) is 0.450. The van der Waals surface area contributed by atoms with Crippen LogP contribution in [0.5, 0.6) is 0 Å². The van der Waals surface area contributed by atoms with Crippen LogP contribution in [0, 0.1) is 5.92 Å². The lowest BCUT2D eigenvalue weighted by molar-refractivity contribution is 0.319. The zero-order valence-electron chi connectivity index (χ0n) is 15.2. The van der Waals surface area contributed by atoms with Gasteiger partial charge in [-0.25, -0.2) is 15.0 Å². The number of nitrogens with one attached hydrogen (secondary N) is 3. The maximum absolute atomic E-state index is 4.75. The van der Waals surface area contributed by atoms with Crippen molar-refractivity contribution in [2.75, 3.05) is 18.9 Å². The SMILES string of the molecule is CNCC[C@H]1CC[C@H](Nc2nccc(-c3c[nH]c4ncccc34)n2)CC1. The quantitative estimate of drug-likeness (QED) is 0.633. The summed E-state index contributed by atoms with van der Waals surface area (Å²) in [4.78, 5) is 16.7. The van der Waals surface area contributed by atoms with Crippen molar-refractivity contribution >= 4 is 17.0 Å². The monoisotopic (exact) mass is 350 g/mol. The second kappa shape index (κ2) is 7.83. The van der Waals surface area contributed by atoms with Crippen LogP contribution in [0.2, 0.25) is 0 Å².